The summed E-state index contributed by atoms with van der Waals surface area (Å²) in [6.07, 6.45) is 7.69. The maximum atomic E-state index is 11.6. The second kappa shape index (κ2) is 2.08. The minimum atomic E-state index is -1.38. The van der Waals surface area contributed by atoms with E-state index < -0.39 is 9.73 Å². The monoisotopic (exact) mass is 166 g/mol. The van der Waals surface area contributed by atoms with Gasteiger partial charge in [-0.05, 0) is 19.9 Å². The zero-order valence-corrected chi connectivity index (χ0v) is 6.07. The first-order chi connectivity index (χ1) is 5.66. The predicted octanol–water partition coefficient (Wildman–Crippen LogP) is 0.557. The van der Waals surface area contributed by atoms with Crippen molar-refractivity contribution in [2.45, 2.75) is 0 Å². The van der Waals surface area contributed by atoms with Crippen molar-refractivity contribution < 1.29 is 9.73 Å². The summed E-state index contributed by atoms with van der Waals surface area (Å²) in [6, 6.07) is 0. The quantitative estimate of drug-likeness (QED) is 0.421. The molecule has 2 aliphatic rings. The molecule has 62 valence electrons. The van der Waals surface area contributed by atoms with E-state index in [1.807, 2.05) is 0 Å². The van der Waals surface area contributed by atoms with Crippen molar-refractivity contribution in [3.05, 3.63) is 35.0 Å². The lowest BCUT2D eigenvalue weighted by atomic mass is 10.7. The summed E-state index contributed by atoms with van der Waals surface area (Å²) in [5, 5.41) is 30.1. The van der Waals surface area contributed by atoms with E-state index in [9.17, 15) is 10.4 Å². The van der Waals surface area contributed by atoms with E-state index in [1.54, 1.807) is 0 Å². The van der Waals surface area contributed by atoms with Crippen molar-refractivity contribution in [3.63, 3.8) is 0 Å². The van der Waals surface area contributed by atoms with E-state index in [-0.39, 0.29) is 0 Å². The SMILES string of the molecule is [O-][N@+]1([N@+]2([O-])C=CC=N2)C=CC=N1. The Bertz CT molecular complexity index is 262. The number of hydroxylamine groups is 2. The predicted molar refractivity (Wildman–Crippen MR) is 42.5 cm³/mol. The molecule has 0 radical (unpaired) electrons. The number of hydrogen-bond donors (Lipinski definition) is 0. The van der Waals surface area contributed by atoms with Crippen LogP contribution < -0.4 is 0 Å². The largest absolute Gasteiger partial charge is 0.546 e. The lowest BCUT2D eigenvalue weighted by Crippen LogP contribution is -2.52. The van der Waals surface area contributed by atoms with Gasteiger partial charge in [-0.25, -0.2) is 0 Å². The third-order valence-electron chi connectivity index (χ3n) is 1.61. The highest BCUT2D eigenvalue weighted by molar-refractivity contribution is 5.72. The second-order valence-corrected chi connectivity index (χ2v) is 2.39. The summed E-state index contributed by atoms with van der Waals surface area (Å²) in [5.74, 6) is 0. The van der Waals surface area contributed by atoms with Gasteiger partial charge in [0.25, 0.3) is 0 Å². The Morgan fingerprint density at radius 2 is 1.25 bits per heavy atom. The highest BCUT2D eigenvalue weighted by Gasteiger charge is 2.38. The summed E-state index contributed by atoms with van der Waals surface area (Å²) < 4.78 is 0. The summed E-state index contributed by atoms with van der Waals surface area (Å²) in [5.41, 5.74) is 0. The number of quaternary nitrogens is 2. The van der Waals surface area contributed by atoms with Gasteiger partial charge >= 0.3 is 0 Å². The Labute approximate surface area is 68.3 Å². The van der Waals surface area contributed by atoms with E-state index in [0.717, 1.165) is 12.4 Å². The zero-order valence-electron chi connectivity index (χ0n) is 6.07. The summed E-state index contributed by atoms with van der Waals surface area (Å²) in [4.78, 5) is -2.76. The van der Waals surface area contributed by atoms with E-state index in [1.165, 1.54) is 24.6 Å². The number of hydrogen-bond acceptors (Lipinski definition) is 4. The molecule has 2 heterocycles. The molecule has 0 spiro atoms. The van der Waals surface area contributed by atoms with Crippen molar-refractivity contribution in [3.8, 4) is 0 Å². The highest BCUT2D eigenvalue weighted by Crippen LogP contribution is 2.28. The number of nitrogens with zero attached hydrogens (tertiary/aromatic N) is 4. The molecular formula is C6H6N4O2. The van der Waals surface area contributed by atoms with Crippen molar-refractivity contribution in [1.29, 1.82) is 0 Å². The first-order valence-corrected chi connectivity index (χ1v) is 3.33. The fourth-order valence-electron chi connectivity index (χ4n) is 0.985. The third kappa shape index (κ3) is 0.772. The Kier molecular flexibility index (Phi) is 1.27. The molecule has 0 unspecified atom stereocenters. The molecule has 6 heteroatoms. The van der Waals surface area contributed by atoms with Gasteiger partial charge in [0.15, 0.2) is 12.4 Å². The highest BCUT2D eigenvalue weighted by atomic mass is 16.8. The summed E-state index contributed by atoms with van der Waals surface area (Å²) >= 11 is 0. The van der Waals surface area contributed by atoms with Crippen molar-refractivity contribution >= 4 is 12.4 Å². The van der Waals surface area contributed by atoms with Crippen LogP contribution >= 0.6 is 0 Å². The van der Waals surface area contributed by atoms with Crippen molar-refractivity contribution in [1.82, 2.24) is 0 Å². The molecule has 2 atom stereocenters. The molecule has 6 nitrogen and oxygen atoms in total. The first kappa shape index (κ1) is 7.32. The van der Waals surface area contributed by atoms with Gasteiger partial charge in [-0.3, -0.25) is 0 Å². The molecule has 2 rings (SSSR count). The third-order valence-corrected chi connectivity index (χ3v) is 1.61. The fraction of sp³-hybridized carbons (Fsp3) is 0. The second-order valence-electron chi connectivity index (χ2n) is 2.39. The normalized spacial score (nSPS) is 43.2. The van der Waals surface area contributed by atoms with E-state index >= 15 is 0 Å². The van der Waals surface area contributed by atoms with E-state index in [0.29, 0.717) is 0 Å². The van der Waals surface area contributed by atoms with Crippen LogP contribution in [0.25, 0.3) is 0 Å². The first-order valence-electron chi connectivity index (χ1n) is 3.33. The molecule has 0 fully saturated rings. The molecular weight excluding hydrogens is 160 g/mol. The molecule has 0 aliphatic carbocycles. The minimum Gasteiger partial charge on any atom is -0.546 e. The van der Waals surface area contributed by atoms with Gasteiger partial charge < -0.3 is 10.4 Å². The lowest BCUT2D eigenvalue weighted by molar-refractivity contribution is -1.42. The topological polar surface area (TPSA) is 70.8 Å². The Balaban J connectivity index is 2.41. The van der Waals surface area contributed by atoms with Crippen LogP contribution in [0.4, 0.5) is 0 Å². The molecule has 0 amide bonds. The van der Waals surface area contributed by atoms with Crippen LogP contribution in [0.5, 0.6) is 0 Å². The Morgan fingerprint density at radius 1 is 0.833 bits per heavy atom. The molecule has 0 aromatic carbocycles. The Hall–Kier alpha value is -1.34. The standard InChI is InChI=1S/C6H6N4O2/c11-9(5-1-3-7-9)10(12)6-2-4-8-10/h1-6H/t9-,10+. The van der Waals surface area contributed by atoms with Gasteiger partial charge in [-0.15, -0.1) is 0 Å². The number of allylic oxidation sites excluding steroid dienone is 2. The molecule has 2 aliphatic heterocycles. The van der Waals surface area contributed by atoms with Crippen molar-refractivity contribution in [2.24, 2.45) is 10.2 Å². The average Bonchev–Trinajstić information content (AvgIpc) is 2.60. The van der Waals surface area contributed by atoms with Gasteiger partial charge in [0.2, 0.25) is 0 Å². The molecule has 0 bridgehead atoms. The molecule has 0 aromatic heterocycles. The number of rotatable bonds is 1. The van der Waals surface area contributed by atoms with Gasteiger partial charge in [0.1, 0.15) is 0 Å². The maximum absolute atomic E-state index is 11.6. The van der Waals surface area contributed by atoms with Gasteiger partial charge in [0, 0.05) is 12.2 Å². The maximum Gasteiger partial charge on any atom is 0.179 e. The molecule has 0 saturated heterocycles. The van der Waals surface area contributed by atoms with Gasteiger partial charge in [-0.1, -0.05) is 0 Å². The average molecular weight is 166 g/mol. The molecule has 0 N–H and O–H groups in total. The van der Waals surface area contributed by atoms with E-state index in [2.05, 4.69) is 10.2 Å². The van der Waals surface area contributed by atoms with Crippen LogP contribution in [0.15, 0.2) is 34.8 Å². The lowest BCUT2D eigenvalue weighted by Gasteiger charge is -2.41. The van der Waals surface area contributed by atoms with Crippen LogP contribution in [0.2, 0.25) is 0 Å². The van der Waals surface area contributed by atoms with Gasteiger partial charge in [0.05, 0.1) is 12.4 Å². The molecule has 0 saturated carbocycles. The summed E-state index contributed by atoms with van der Waals surface area (Å²) in [6.45, 7) is 0. The molecule has 0 aromatic rings. The fourth-order valence-corrected chi connectivity index (χ4v) is 0.985. The van der Waals surface area contributed by atoms with E-state index in [4.69, 9.17) is 0 Å². The van der Waals surface area contributed by atoms with Crippen LogP contribution in [0.1, 0.15) is 0 Å². The van der Waals surface area contributed by atoms with Crippen LogP contribution in [-0.4, -0.2) is 22.2 Å². The molecule has 12 heavy (non-hydrogen) atoms. The van der Waals surface area contributed by atoms with Crippen LogP contribution in [-0.2, 0) is 0 Å². The summed E-state index contributed by atoms with van der Waals surface area (Å²) in [7, 11) is 0. The van der Waals surface area contributed by atoms with Gasteiger partial charge in [-0.2, -0.15) is 0 Å². The Morgan fingerprint density at radius 3 is 1.50 bits per heavy atom. The van der Waals surface area contributed by atoms with Crippen LogP contribution in [0.3, 0.4) is 0 Å². The zero-order chi connectivity index (χ0) is 8.66. The smallest absolute Gasteiger partial charge is 0.179 e. The van der Waals surface area contributed by atoms with Crippen molar-refractivity contribution in [2.75, 3.05) is 0 Å². The van der Waals surface area contributed by atoms with Crippen LogP contribution in [0, 0.1) is 10.4 Å². The minimum absolute atomic E-state index is 1.14.